The highest BCUT2D eigenvalue weighted by atomic mass is 79.9. The molecule has 1 N–H and O–H groups in total. The summed E-state index contributed by atoms with van der Waals surface area (Å²) in [5.41, 5.74) is 3.92. The molecule has 0 unspecified atom stereocenters. The molecule has 0 bridgehead atoms. The summed E-state index contributed by atoms with van der Waals surface area (Å²) in [6, 6.07) is 9.11. The molecule has 1 fully saturated rings. The van der Waals surface area contributed by atoms with E-state index in [2.05, 4.69) is 36.2 Å². The molecule has 3 aromatic heterocycles. The van der Waals surface area contributed by atoms with Gasteiger partial charge in [0.1, 0.15) is 10.5 Å². The number of hydrogen-bond donors (Lipinski definition) is 1. The number of amides is 2. The summed E-state index contributed by atoms with van der Waals surface area (Å²) in [6.07, 6.45) is 3.26. The predicted octanol–water partition coefficient (Wildman–Crippen LogP) is 4.97. The second-order valence-corrected chi connectivity index (χ2v) is 10.5. The van der Waals surface area contributed by atoms with Gasteiger partial charge in [0.15, 0.2) is 5.58 Å². The minimum Gasteiger partial charge on any atom is -0.432 e. The number of hydrogen-bond acceptors (Lipinski definition) is 7. The first kappa shape index (κ1) is 23.6. The molecule has 1 aliphatic heterocycles. The molecule has 0 radical (unpaired) electrons. The van der Waals surface area contributed by atoms with Crippen molar-refractivity contribution in [2.24, 2.45) is 5.92 Å². The molecule has 8 nitrogen and oxygen atoms in total. The lowest BCUT2D eigenvalue weighted by molar-refractivity contribution is -0.128. The van der Waals surface area contributed by atoms with Gasteiger partial charge in [-0.25, -0.2) is 9.97 Å². The van der Waals surface area contributed by atoms with E-state index in [4.69, 9.17) is 4.42 Å². The fourth-order valence-electron chi connectivity index (χ4n) is 4.33. The van der Waals surface area contributed by atoms with E-state index in [0.29, 0.717) is 24.2 Å². The third kappa shape index (κ3) is 4.99. The quantitative estimate of drug-likeness (QED) is 0.374. The number of halogens is 1. The number of oxazole rings is 1. The maximum absolute atomic E-state index is 13.2. The van der Waals surface area contributed by atoms with Crippen LogP contribution in [-0.2, 0) is 11.3 Å². The first-order valence-electron chi connectivity index (χ1n) is 11.4. The Morgan fingerprint density at radius 3 is 2.91 bits per heavy atom. The van der Waals surface area contributed by atoms with Crippen molar-refractivity contribution < 1.29 is 14.0 Å². The number of fused-ring (bicyclic) bond motifs is 1. The zero-order valence-corrected chi connectivity index (χ0v) is 21.7. The van der Waals surface area contributed by atoms with E-state index in [0.717, 1.165) is 39.3 Å². The molecule has 0 saturated carbocycles. The Morgan fingerprint density at radius 2 is 2.11 bits per heavy atom. The van der Waals surface area contributed by atoms with E-state index in [-0.39, 0.29) is 29.7 Å². The summed E-state index contributed by atoms with van der Waals surface area (Å²) >= 11 is 4.90. The molecule has 1 aromatic carbocycles. The average molecular weight is 554 g/mol. The first-order valence-corrected chi connectivity index (χ1v) is 13.1. The van der Waals surface area contributed by atoms with Crippen LogP contribution in [-0.4, -0.2) is 44.3 Å². The van der Waals surface area contributed by atoms with Gasteiger partial charge in [-0.1, -0.05) is 15.9 Å². The topological polar surface area (TPSA) is 101 Å². The van der Waals surface area contributed by atoms with Crippen LogP contribution < -0.4 is 5.32 Å². The third-order valence-corrected chi connectivity index (χ3v) is 7.63. The normalized spacial score (nSPS) is 18.1. The van der Waals surface area contributed by atoms with Gasteiger partial charge in [-0.3, -0.25) is 14.6 Å². The molecule has 0 spiro atoms. The lowest BCUT2D eigenvalue weighted by Crippen LogP contribution is -2.51. The standard InChI is InChI=1S/C25H24BrN5O3S/c1-14-5-6-16(11-27-14)20-13-35-22(29-20)12-28-23(32)18-4-3-9-31(15(18)2)25(33)24-30-19-8-7-17(26)10-21(19)34-24/h5-8,10-11,13,15,18H,3-4,9,12H2,1-2H3,(H,28,32)/t15-,18-/m0/s1. The van der Waals surface area contributed by atoms with Crippen molar-refractivity contribution in [1.82, 2.24) is 25.2 Å². The van der Waals surface area contributed by atoms with Gasteiger partial charge in [0.05, 0.1) is 18.2 Å². The highest BCUT2D eigenvalue weighted by Gasteiger charge is 2.37. The number of piperidine rings is 1. The number of carbonyl (C=O) groups is 2. The van der Waals surface area contributed by atoms with Gasteiger partial charge in [-0.2, -0.15) is 0 Å². The van der Waals surface area contributed by atoms with Crippen molar-refractivity contribution in [2.75, 3.05) is 6.54 Å². The molecule has 10 heteroatoms. The number of carbonyl (C=O) groups excluding carboxylic acids is 2. The highest BCUT2D eigenvalue weighted by molar-refractivity contribution is 9.10. The van der Waals surface area contributed by atoms with Crippen molar-refractivity contribution in [3.8, 4) is 11.3 Å². The number of nitrogens with one attached hydrogen (secondary N) is 1. The monoisotopic (exact) mass is 553 g/mol. The van der Waals surface area contributed by atoms with E-state index in [1.807, 2.05) is 37.4 Å². The summed E-state index contributed by atoms with van der Waals surface area (Å²) in [6.45, 7) is 4.76. The van der Waals surface area contributed by atoms with E-state index in [9.17, 15) is 9.59 Å². The first-order chi connectivity index (χ1) is 16.9. The SMILES string of the molecule is Cc1ccc(-c2csc(CNC(=O)[C@H]3CCCN(C(=O)c4nc5ccc(Br)cc5o4)[C@H]3C)n2)cn1. The van der Waals surface area contributed by atoms with Crippen LogP contribution in [0.5, 0.6) is 0 Å². The molecular formula is C25H24BrN5O3S. The number of aromatic nitrogens is 3. The Hall–Kier alpha value is -3.11. The lowest BCUT2D eigenvalue weighted by Gasteiger charge is -2.37. The van der Waals surface area contributed by atoms with Crippen molar-refractivity contribution >= 4 is 50.2 Å². The Labute approximate surface area is 214 Å². The number of aryl methyl sites for hydroxylation is 1. The minimum absolute atomic E-state index is 0.0481. The van der Waals surface area contributed by atoms with Crippen molar-refractivity contribution in [3.63, 3.8) is 0 Å². The third-order valence-electron chi connectivity index (χ3n) is 6.29. The summed E-state index contributed by atoms with van der Waals surface area (Å²) in [7, 11) is 0. The van der Waals surface area contributed by atoms with Crippen molar-refractivity contribution in [3.05, 3.63) is 63.0 Å². The number of likely N-dealkylation sites (tertiary alicyclic amines) is 1. The molecule has 4 aromatic rings. The van der Waals surface area contributed by atoms with E-state index < -0.39 is 0 Å². The fourth-order valence-corrected chi connectivity index (χ4v) is 5.41. The van der Waals surface area contributed by atoms with Gasteiger partial charge in [0.2, 0.25) is 5.91 Å². The van der Waals surface area contributed by atoms with Crippen LogP contribution in [0.4, 0.5) is 0 Å². The van der Waals surface area contributed by atoms with Crippen LogP contribution in [0.15, 0.2) is 50.8 Å². The number of thiazole rings is 1. The zero-order valence-electron chi connectivity index (χ0n) is 19.3. The number of nitrogens with zero attached hydrogens (tertiary/aromatic N) is 4. The summed E-state index contributed by atoms with van der Waals surface area (Å²) < 4.78 is 6.57. The molecule has 1 aliphatic rings. The number of benzene rings is 1. The molecule has 180 valence electrons. The molecule has 1 saturated heterocycles. The molecule has 0 aliphatic carbocycles. The van der Waals surface area contributed by atoms with Crippen LogP contribution in [0.2, 0.25) is 0 Å². The summed E-state index contributed by atoms with van der Waals surface area (Å²) in [4.78, 5) is 41.2. The van der Waals surface area contributed by atoms with Crippen LogP contribution >= 0.6 is 27.3 Å². The highest BCUT2D eigenvalue weighted by Crippen LogP contribution is 2.28. The summed E-state index contributed by atoms with van der Waals surface area (Å²) in [5, 5.41) is 5.80. The van der Waals surface area contributed by atoms with Crippen molar-refractivity contribution in [1.29, 1.82) is 0 Å². The van der Waals surface area contributed by atoms with Crippen LogP contribution in [0.25, 0.3) is 22.4 Å². The van der Waals surface area contributed by atoms with Gasteiger partial charge in [0, 0.05) is 39.9 Å². The van der Waals surface area contributed by atoms with Crippen LogP contribution in [0.3, 0.4) is 0 Å². The Kier molecular flexibility index (Phi) is 6.66. The average Bonchev–Trinajstić information content (AvgIpc) is 3.50. The summed E-state index contributed by atoms with van der Waals surface area (Å²) in [5.74, 6) is -0.636. The predicted molar refractivity (Wildman–Crippen MR) is 137 cm³/mol. The Bertz CT molecular complexity index is 1380. The molecule has 5 rings (SSSR count). The van der Waals surface area contributed by atoms with Gasteiger partial charge < -0.3 is 14.6 Å². The smallest absolute Gasteiger partial charge is 0.310 e. The Balaban J connectivity index is 1.23. The molecule has 35 heavy (non-hydrogen) atoms. The van der Waals surface area contributed by atoms with Gasteiger partial charge in [-0.15, -0.1) is 11.3 Å². The Morgan fingerprint density at radius 1 is 1.26 bits per heavy atom. The minimum atomic E-state index is -0.313. The molecule has 4 heterocycles. The van der Waals surface area contributed by atoms with Gasteiger partial charge in [-0.05, 0) is 57.0 Å². The molecule has 2 amide bonds. The maximum Gasteiger partial charge on any atom is 0.310 e. The second-order valence-electron chi connectivity index (χ2n) is 8.65. The van der Waals surface area contributed by atoms with Crippen LogP contribution in [0.1, 0.15) is 41.2 Å². The van der Waals surface area contributed by atoms with E-state index >= 15 is 0 Å². The second kappa shape index (κ2) is 9.87. The van der Waals surface area contributed by atoms with Crippen molar-refractivity contribution in [2.45, 2.75) is 39.3 Å². The fraction of sp³-hybridized carbons (Fsp3) is 0.320. The van der Waals surface area contributed by atoms with E-state index in [1.54, 1.807) is 23.2 Å². The zero-order chi connectivity index (χ0) is 24.5. The van der Waals surface area contributed by atoms with Gasteiger partial charge >= 0.3 is 5.91 Å². The van der Waals surface area contributed by atoms with Gasteiger partial charge in [0.25, 0.3) is 5.89 Å². The maximum atomic E-state index is 13.2. The largest absolute Gasteiger partial charge is 0.432 e. The number of pyridine rings is 1. The van der Waals surface area contributed by atoms with E-state index in [1.165, 1.54) is 11.3 Å². The molecule has 2 atom stereocenters. The van der Waals surface area contributed by atoms with Crippen LogP contribution in [0, 0.1) is 12.8 Å². The molecular weight excluding hydrogens is 530 g/mol. The lowest BCUT2D eigenvalue weighted by atomic mass is 9.89. The number of rotatable bonds is 5.